The summed E-state index contributed by atoms with van der Waals surface area (Å²) < 4.78 is 0. The number of rotatable bonds is 4. The summed E-state index contributed by atoms with van der Waals surface area (Å²) in [6.45, 7) is 10.6. The van der Waals surface area contributed by atoms with Gasteiger partial charge in [-0.15, -0.1) is 0 Å². The van der Waals surface area contributed by atoms with Crippen LogP contribution in [-0.2, 0) is 0 Å². The second kappa shape index (κ2) is 3.78. The number of nitrogens with one attached hydrogen (secondary N) is 1. The summed E-state index contributed by atoms with van der Waals surface area (Å²) in [5.74, 6) is 0.934. The molecule has 2 atom stereocenters. The first-order chi connectivity index (χ1) is 5.53. The van der Waals surface area contributed by atoms with Gasteiger partial charge in [0.1, 0.15) is 0 Å². The van der Waals surface area contributed by atoms with Crippen molar-refractivity contribution >= 4 is 0 Å². The van der Waals surface area contributed by atoms with Crippen LogP contribution in [0.4, 0.5) is 0 Å². The van der Waals surface area contributed by atoms with E-state index in [0.29, 0.717) is 5.41 Å². The molecule has 1 rings (SSSR count). The molecule has 0 aromatic rings. The maximum absolute atomic E-state index is 3.42. The molecule has 0 bridgehead atoms. The molecule has 2 unspecified atom stereocenters. The Kier molecular flexibility index (Phi) is 3.16. The van der Waals surface area contributed by atoms with E-state index in [4.69, 9.17) is 0 Å². The average molecular weight is 169 g/mol. The van der Waals surface area contributed by atoms with E-state index in [1.807, 2.05) is 0 Å². The summed E-state index contributed by atoms with van der Waals surface area (Å²) in [6.07, 6.45) is 4.11. The third kappa shape index (κ3) is 3.57. The molecule has 1 nitrogen and oxygen atoms in total. The second-order valence-corrected chi connectivity index (χ2v) is 5.28. The van der Waals surface area contributed by atoms with Crippen LogP contribution in [0.3, 0.4) is 0 Å². The average Bonchev–Trinajstić information content (AvgIpc) is 2.70. The first-order valence-electron chi connectivity index (χ1n) is 5.26. The first kappa shape index (κ1) is 10.0. The van der Waals surface area contributed by atoms with Crippen molar-refractivity contribution in [3.8, 4) is 0 Å². The van der Waals surface area contributed by atoms with Crippen molar-refractivity contribution in [1.82, 2.24) is 5.32 Å². The van der Waals surface area contributed by atoms with Gasteiger partial charge in [0.05, 0.1) is 0 Å². The Hall–Kier alpha value is -0.0400. The molecule has 1 N–H and O–H groups in total. The van der Waals surface area contributed by atoms with E-state index in [2.05, 4.69) is 33.0 Å². The van der Waals surface area contributed by atoms with Crippen LogP contribution in [0, 0.1) is 11.3 Å². The summed E-state index contributed by atoms with van der Waals surface area (Å²) in [5.41, 5.74) is 0.516. The Labute approximate surface area is 76.9 Å². The Morgan fingerprint density at radius 3 is 2.33 bits per heavy atom. The fraction of sp³-hybridized carbons (Fsp3) is 1.00. The van der Waals surface area contributed by atoms with Crippen LogP contribution < -0.4 is 5.32 Å². The van der Waals surface area contributed by atoms with Crippen LogP contribution in [0.15, 0.2) is 0 Å². The van der Waals surface area contributed by atoms with E-state index in [9.17, 15) is 0 Å². The lowest BCUT2D eigenvalue weighted by molar-refractivity contribution is 0.314. The number of hydrogen-bond acceptors (Lipinski definition) is 1. The van der Waals surface area contributed by atoms with Crippen molar-refractivity contribution in [3.05, 3.63) is 0 Å². The smallest absolute Gasteiger partial charge is 0.0221 e. The Morgan fingerprint density at radius 2 is 2.00 bits per heavy atom. The predicted octanol–water partition coefficient (Wildman–Crippen LogP) is 2.81. The normalized spacial score (nSPS) is 25.5. The molecule has 72 valence electrons. The van der Waals surface area contributed by atoms with Gasteiger partial charge >= 0.3 is 0 Å². The van der Waals surface area contributed by atoms with E-state index in [1.54, 1.807) is 0 Å². The molecule has 1 aliphatic heterocycles. The molecule has 0 amide bonds. The van der Waals surface area contributed by atoms with E-state index in [1.165, 1.54) is 25.8 Å². The lowest BCUT2D eigenvalue weighted by Gasteiger charge is -2.21. The van der Waals surface area contributed by atoms with Gasteiger partial charge < -0.3 is 5.32 Å². The predicted molar refractivity (Wildman–Crippen MR) is 54.3 cm³/mol. The van der Waals surface area contributed by atoms with Gasteiger partial charge in [0.25, 0.3) is 0 Å². The Morgan fingerprint density at radius 1 is 1.42 bits per heavy atom. The molecule has 0 spiro atoms. The summed E-state index contributed by atoms with van der Waals surface area (Å²) >= 11 is 0. The highest BCUT2D eigenvalue weighted by molar-refractivity contribution is 4.89. The molecule has 0 saturated carbocycles. The Balaban J connectivity index is 2.19. The van der Waals surface area contributed by atoms with E-state index in [0.717, 1.165) is 12.0 Å². The zero-order valence-corrected chi connectivity index (χ0v) is 8.98. The zero-order valence-electron chi connectivity index (χ0n) is 8.98. The zero-order chi connectivity index (χ0) is 9.19. The van der Waals surface area contributed by atoms with Crippen LogP contribution in [0.1, 0.15) is 47.0 Å². The summed E-state index contributed by atoms with van der Waals surface area (Å²) in [7, 11) is 0. The largest absolute Gasteiger partial charge is 0.311 e. The maximum atomic E-state index is 3.42. The molecule has 0 aromatic heterocycles. The maximum Gasteiger partial charge on any atom is 0.0221 e. The van der Waals surface area contributed by atoms with Gasteiger partial charge in [-0.25, -0.2) is 0 Å². The monoisotopic (exact) mass is 169 g/mol. The number of hydrogen-bond donors (Lipinski definition) is 1. The summed E-state index contributed by atoms with van der Waals surface area (Å²) in [5, 5.41) is 3.42. The van der Waals surface area contributed by atoms with E-state index >= 15 is 0 Å². The third-order valence-corrected chi connectivity index (χ3v) is 2.80. The van der Waals surface area contributed by atoms with Crippen molar-refractivity contribution in [1.29, 1.82) is 0 Å². The van der Waals surface area contributed by atoms with Crippen LogP contribution in [0.2, 0.25) is 0 Å². The quantitative estimate of drug-likeness (QED) is 0.642. The molecule has 1 fully saturated rings. The van der Waals surface area contributed by atoms with Gasteiger partial charge in [0.2, 0.25) is 0 Å². The molecule has 1 heteroatoms. The van der Waals surface area contributed by atoms with Crippen molar-refractivity contribution in [3.63, 3.8) is 0 Å². The molecule has 0 aromatic carbocycles. The summed E-state index contributed by atoms with van der Waals surface area (Å²) in [6, 6.07) is 0.859. The second-order valence-electron chi connectivity index (χ2n) is 5.28. The van der Waals surface area contributed by atoms with Gasteiger partial charge in [-0.1, -0.05) is 34.1 Å². The minimum absolute atomic E-state index is 0.516. The topological polar surface area (TPSA) is 21.9 Å². The molecule has 1 saturated heterocycles. The summed E-state index contributed by atoms with van der Waals surface area (Å²) in [4.78, 5) is 0. The lowest BCUT2D eigenvalue weighted by atomic mass is 9.85. The standard InChI is InChI=1S/C11H23N/c1-5-9(10-8-12-10)6-7-11(2,3)4/h9-10,12H,5-8H2,1-4H3. The minimum atomic E-state index is 0.516. The molecule has 0 aliphatic carbocycles. The first-order valence-corrected chi connectivity index (χ1v) is 5.26. The van der Waals surface area contributed by atoms with Crippen molar-refractivity contribution in [2.45, 2.75) is 53.0 Å². The van der Waals surface area contributed by atoms with Gasteiger partial charge in [-0.3, -0.25) is 0 Å². The highest BCUT2D eigenvalue weighted by Gasteiger charge is 2.29. The van der Waals surface area contributed by atoms with Crippen molar-refractivity contribution < 1.29 is 0 Å². The highest BCUT2D eigenvalue weighted by Crippen LogP contribution is 2.28. The van der Waals surface area contributed by atoms with E-state index < -0.39 is 0 Å². The van der Waals surface area contributed by atoms with Gasteiger partial charge in [0.15, 0.2) is 0 Å². The van der Waals surface area contributed by atoms with Crippen LogP contribution in [-0.4, -0.2) is 12.6 Å². The third-order valence-electron chi connectivity index (χ3n) is 2.80. The van der Waals surface area contributed by atoms with Gasteiger partial charge in [-0.2, -0.15) is 0 Å². The molecule has 1 aliphatic rings. The Bertz CT molecular complexity index is 130. The molecular weight excluding hydrogens is 146 g/mol. The fourth-order valence-electron chi connectivity index (χ4n) is 1.71. The fourth-order valence-corrected chi connectivity index (χ4v) is 1.71. The molecule has 12 heavy (non-hydrogen) atoms. The van der Waals surface area contributed by atoms with E-state index in [-0.39, 0.29) is 0 Å². The lowest BCUT2D eigenvalue weighted by Crippen LogP contribution is -2.14. The van der Waals surface area contributed by atoms with Crippen LogP contribution >= 0.6 is 0 Å². The van der Waals surface area contributed by atoms with Crippen molar-refractivity contribution in [2.75, 3.05) is 6.54 Å². The molecular formula is C11H23N. The molecule has 0 radical (unpaired) electrons. The van der Waals surface area contributed by atoms with Gasteiger partial charge in [-0.05, 0) is 24.2 Å². The highest BCUT2D eigenvalue weighted by atomic mass is 15.1. The molecule has 1 heterocycles. The minimum Gasteiger partial charge on any atom is -0.311 e. The van der Waals surface area contributed by atoms with Gasteiger partial charge in [0, 0.05) is 12.6 Å². The van der Waals surface area contributed by atoms with Crippen LogP contribution in [0.5, 0.6) is 0 Å². The van der Waals surface area contributed by atoms with Crippen LogP contribution in [0.25, 0.3) is 0 Å². The van der Waals surface area contributed by atoms with Crippen molar-refractivity contribution in [2.24, 2.45) is 11.3 Å². The SMILES string of the molecule is CCC(CCC(C)(C)C)C1CN1.